The first-order chi connectivity index (χ1) is 11.2. The Morgan fingerprint density at radius 1 is 1.12 bits per heavy atom. The lowest BCUT2D eigenvalue weighted by Gasteiger charge is -2.38. The molecule has 132 valence electrons. The van der Waals surface area contributed by atoms with Gasteiger partial charge in [-0.3, -0.25) is 9.69 Å². The number of nitrogens with zero attached hydrogens (tertiary/aromatic N) is 2. The quantitative estimate of drug-likeness (QED) is 0.917. The molecule has 2 rings (SSSR count). The number of carbonyl (C=O) groups is 2. The standard InChI is InChI=1S/C17H23FN2O4/c1-17(2,3)24-16(23)20-10-8-19(9-11-20)14(15(21)22)12-4-6-13(18)7-5-12/h4-7,14H,8-11H2,1-3H3,(H,21,22). The van der Waals surface area contributed by atoms with Crippen LogP contribution in [-0.2, 0) is 9.53 Å². The Morgan fingerprint density at radius 2 is 1.67 bits per heavy atom. The maximum Gasteiger partial charge on any atom is 0.410 e. The highest BCUT2D eigenvalue weighted by Crippen LogP contribution is 2.23. The fraction of sp³-hybridized carbons (Fsp3) is 0.529. The summed E-state index contributed by atoms with van der Waals surface area (Å²) in [5.74, 6) is -1.40. The molecule has 1 aromatic carbocycles. The summed E-state index contributed by atoms with van der Waals surface area (Å²) in [7, 11) is 0. The van der Waals surface area contributed by atoms with Gasteiger partial charge in [-0.1, -0.05) is 12.1 Å². The number of carboxylic acids is 1. The molecule has 1 saturated heterocycles. The average Bonchev–Trinajstić information content (AvgIpc) is 2.48. The lowest BCUT2D eigenvalue weighted by molar-refractivity contribution is -0.144. The Hall–Kier alpha value is -2.15. The normalized spacial score (nSPS) is 17.4. The second-order valence-corrected chi connectivity index (χ2v) is 6.80. The molecule has 1 aromatic rings. The molecule has 1 N–H and O–H groups in total. The lowest BCUT2D eigenvalue weighted by Crippen LogP contribution is -2.51. The number of aliphatic carboxylic acids is 1. The van der Waals surface area contributed by atoms with Crippen LogP contribution in [0.1, 0.15) is 32.4 Å². The minimum Gasteiger partial charge on any atom is -0.480 e. The highest BCUT2D eigenvalue weighted by molar-refractivity contribution is 5.75. The van der Waals surface area contributed by atoms with E-state index in [9.17, 15) is 19.1 Å². The summed E-state index contributed by atoms with van der Waals surface area (Å²) in [6.45, 7) is 7.00. The number of carbonyl (C=O) groups excluding carboxylic acids is 1. The molecule has 0 spiro atoms. The van der Waals surface area contributed by atoms with Crippen LogP contribution in [-0.4, -0.2) is 58.7 Å². The molecule has 0 aliphatic carbocycles. The van der Waals surface area contributed by atoms with E-state index in [0.717, 1.165) is 0 Å². The minimum absolute atomic E-state index is 0.389. The van der Waals surface area contributed by atoms with Crippen LogP contribution in [0.4, 0.5) is 9.18 Å². The summed E-state index contributed by atoms with van der Waals surface area (Å²) in [6.07, 6.45) is -0.393. The van der Waals surface area contributed by atoms with Crippen LogP contribution in [0.3, 0.4) is 0 Å². The Labute approximate surface area is 140 Å². The van der Waals surface area contributed by atoms with E-state index in [4.69, 9.17) is 4.74 Å². The van der Waals surface area contributed by atoms with Crippen molar-refractivity contribution in [2.45, 2.75) is 32.4 Å². The minimum atomic E-state index is -0.993. The maximum absolute atomic E-state index is 13.0. The Balaban J connectivity index is 2.02. The van der Waals surface area contributed by atoms with Gasteiger partial charge < -0.3 is 14.7 Å². The SMILES string of the molecule is CC(C)(C)OC(=O)N1CCN(C(C(=O)O)c2ccc(F)cc2)CC1. The van der Waals surface area contributed by atoms with E-state index in [2.05, 4.69) is 0 Å². The van der Waals surface area contributed by atoms with Gasteiger partial charge in [0.25, 0.3) is 0 Å². The van der Waals surface area contributed by atoms with Gasteiger partial charge in [0.1, 0.15) is 17.5 Å². The van der Waals surface area contributed by atoms with E-state index in [1.54, 1.807) is 30.6 Å². The largest absolute Gasteiger partial charge is 0.480 e. The first kappa shape index (κ1) is 18.2. The molecular weight excluding hydrogens is 315 g/mol. The van der Waals surface area contributed by atoms with Gasteiger partial charge in [0, 0.05) is 26.2 Å². The van der Waals surface area contributed by atoms with Gasteiger partial charge in [0.05, 0.1) is 0 Å². The predicted octanol–water partition coefficient (Wildman–Crippen LogP) is 2.50. The molecule has 1 aliphatic rings. The summed E-state index contributed by atoms with van der Waals surface area (Å²) in [4.78, 5) is 27.1. The fourth-order valence-electron chi connectivity index (χ4n) is 2.64. The van der Waals surface area contributed by atoms with Gasteiger partial charge in [0.15, 0.2) is 0 Å². The van der Waals surface area contributed by atoms with E-state index in [1.165, 1.54) is 24.3 Å². The van der Waals surface area contributed by atoms with Gasteiger partial charge in [-0.15, -0.1) is 0 Å². The smallest absolute Gasteiger partial charge is 0.410 e. The van der Waals surface area contributed by atoms with Crippen LogP contribution in [0.15, 0.2) is 24.3 Å². The number of piperazine rings is 1. The molecule has 6 nitrogen and oxygen atoms in total. The van der Waals surface area contributed by atoms with Crippen LogP contribution in [0.25, 0.3) is 0 Å². The zero-order valence-electron chi connectivity index (χ0n) is 14.2. The van der Waals surface area contributed by atoms with Crippen molar-refractivity contribution in [3.05, 3.63) is 35.6 Å². The van der Waals surface area contributed by atoms with Crippen LogP contribution in [0.5, 0.6) is 0 Å². The number of amides is 1. The molecule has 0 bridgehead atoms. The van der Waals surface area contributed by atoms with Crippen molar-refractivity contribution in [3.63, 3.8) is 0 Å². The van der Waals surface area contributed by atoms with E-state index >= 15 is 0 Å². The van der Waals surface area contributed by atoms with Crippen LogP contribution < -0.4 is 0 Å². The Bertz CT molecular complexity index is 590. The van der Waals surface area contributed by atoms with E-state index in [-0.39, 0.29) is 0 Å². The van der Waals surface area contributed by atoms with Gasteiger partial charge in [-0.05, 0) is 38.5 Å². The number of halogens is 1. The van der Waals surface area contributed by atoms with Crippen molar-refractivity contribution in [2.24, 2.45) is 0 Å². The lowest BCUT2D eigenvalue weighted by atomic mass is 10.0. The van der Waals surface area contributed by atoms with Crippen molar-refractivity contribution in [2.75, 3.05) is 26.2 Å². The number of benzene rings is 1. The van der Waals surface area contributed by atoms with Gasteiger partial charge in [-0.25, -0.2) is 9.18 Å². The number of hydrogen-bond donors (Lipinski definition) is 1. The summed E-state index contributed by atoms with van der Waals surface area (Å²) in [5, 5.41) is 9.54. The third-order valence-corrected chi connectivity index (χ3v) is 3.75. The number of carboxylic acid groups (broad SMARTS) is 1. The highest BCUT2D eigenvalue weighted by atomic mass is 19.1. The number of hydrogen-bond acceptors (Lipinski definition) is 4. The molecule has 1 unspecified atom stereocenters. The molecule has 0 aromatic heterocycles. The molecule has 24 heavy (non-hydrogen) atoms. The molecular formula is C17H23FN2O4. The van der Waals surface area contributed by atoms with Crippen molar-refractivity contribution in [3.8, 4) is 0 Å². The molecule has 1 fully saturated rings. The summed E-state index contributed by atoms with van der Waals surface area (Å²) >= 11 is 0. The molecule has 0 saturated carbocycles. The van der Waals surface area contributed by atoms with Crippen LogP contribution in [0.2, 0.25) is 0 Å². The summed E-state index contributed by atoms with van der Waals surface area (Å²) in [6, 6.07) is 4.61. The first-order valence-electron chi connectivity index (χ1n) is 7.87. The predicted molar refractivity (Wildman–Crippen MR) is 86.2 cm³/mol. The van der Waals surface area contributed by atoms with Crippen molar-refractivity contribution in [1.82, 2.24) is 9.80 Å². The second kappa shape index (κ2) is 7.17. The fourth-order valence-corrected chi connectivity index (χ4v) is 2.64. The highest BCUT2D eigenvalue weighted by Gasteiger charge is 2.32. The monoisotopic (exact) mass is 338 g/mol. The number of rotatable bonds is 3. The Morgan fingerprint density at radius 3 is 2.12 bits per heavy atom. The summed E-state index contributed by atoms with van der Waals surface area (Å²) in [5.41, 5.74) is -0.0408. The molecule has 7 heteroatoms. The van der Waals surface area contributed by atoms with Crippen molar-refractivity contribution < 1.29 is 23.8 Å². The third kappa shape index (κ3) is 4.67. The Kier molecular flexibility index (Phi) is 5.43. The molecule has 1 atom stereocenters. The summed E-state index contributed by atoms with van der Waals surface area (Å²) < 4.78 is 18.4. The van der Waals surface area contributed by atoms with Crippen molar-refractivity contribution >= 4 is 12.1 Å². The molecule has 1 aliphatic heterocycles. The maximum atomic E-state index is 13.0. The van der Waals surface area contributed by atoms with Crippen molar-refractivity contribution in [1.29, 1.82) is 0 Å². The molecule has 1 amide bonds. The topological polar surface area (TPSA) is 70.1 Å². The van der Waals surface area contributed by atoms with Crippen LogP contribution >= 0.6 is 0 Å². The van der Waals surface area contributed by atoms with E-state index in [0.29, 0.717) is 31.7 Å². The van der Waals surface area contributed by atoms with E-state index in [1.807, 2.05) is 0 Å². The third-order valence-electron chi connectivity index (χ3n) is 3.75. The van der Waals surface area contributed by atoms with Gasteiger partial charge in [0.2, 0.25) is 0 Å². The molecule has 0 radical (unpaired) electrons. The number of ether oxygens (including phenoxy) is 1. The zero-order valence-corrected chi connectivity index (χ0v) is 14.2. The van der Waals surface area contributed by atoms with Gasteiger partial charge >= 0.3 is 12.1 Å². The average molecular weight is 338 g/mol. The second-order valence-electron chi connectivity index (χ2n) is 6.80. The molecule has 1 heterocycles. The first-order valence-corrected chi connectivity index (χ1v) is 7.87. The van der Waals surface area contributed by atoms with Gasteiger partial charge in [-0.2, -0.15) is 0 Å². The zero-order chi connectivity index (χ0) is 17.9. The van der Waals surface area contributed by atoms with Crippen LogP contribution in [0, 0.1) is 5.82 Å². The van der Waals surface area contributed by atoms with E-state index < -0.39 is 29.5 Å².